The van der Waals surface area contributed by atoms with Crippen LogP contribution in [0.1, 0.15) is 181 Å². The Kier molecular flexibility index (Phi) is 30.2. The fourth-order valence-corrected chi connectivity index (χ4v) is 6.41. The van der Waals surface area contributed by atoms with Gasteiger partial charge in [0.1, 0.15) is 13.2 Å². The predicted molar refractivity (Wildman–Crippen MR) is 192 cm³/mol. The summed E-state index contributed by atoms with van der Waals surface area (Å²) in [4.78, 5) is 25.1. The second kappa shape index (κ2) is 30.6. The minimum atomic E-state index is -4.55. The van der Waals surface area contributed by atoms with Crippen LogP contribution in [0.3, 0.4) is 0 Å². The molecular weight excluding hydrogens is 599 g/mol. The van der Waals surface area contributed by atoms with Crippen LogP contribution in [-0.4, -0.2) is 68.5 Å². The molecule has 0 bridgehead atoms. The minimum Gasteiger partial charge on any atom is -0.756 e. The van der Waals surface area contributed by atoms with Gasteiger partial charge in [-0.3, -0.25) is 9.36 Å². The minimum absolute atomic E-state index is 0.0155. The number of nitrogens with zero attached hydrogens (tertiary/aromatic N) is 1. The van der Waals surface area contributed by atoms with Gasteiger partial charge < -0.3 is 28.8 Å². The van der Waals surface area contributed by atoms with Crippen molar-refractivity contribution in [1.29, 1.82) is 0 Å². The molecule has 0 radical (unpaired) electrons. The second-order valence-electron chi connectivity index (χ2n) is 14.6. The molecule has 0 heterocycles. The number of phosphoric ester groups is 1. The van der Waals surface area contributed by atoms with Crippen molar-refractivity contribution < 1.29 is 32.9 Å². The summed E-state index contributed by atoms with van der Waals surface area (Å²) in [6.07, 6.45) is 29.5. The van der Waals surface area contributed by atoms with Crippen LogP contribution >= 0.6 is 7.82 Å². The maximum absolute atomic E-state index is 12.7. The van der Waals surface area contributed by atoms with Crippen molar-refractivity contribution in [3.05, 3.63) is 0 Å². The fourth-order valence-electron chi connectivity index (χ4n) is 5.69. The number of hydrogen-bond acceptors (Lipinski definition) is 6. The van der Waals surface area contributed by atoms with Gasteiger partial charge in [0.15, 0.2) is 0 Å². The van der Waals surface area contributed by atoms with E-state index in [1.807, 2.05) is 21.1 Å². The van der Waals surface area contributed by atoms with Crippen molar-refractivity contribution in [2.75, 3.05) is 40.9 Å². The summed E-state index contributed by atoms with van der Waals surface area (Å²) < 4.78 is 23.1. The molecule has 1 unspecified atom stereocenters. The summed E-state index contributed by atoms with van der Waals surface area (Å²) >= 11 is 0. The molecule has 8 nitrogen and oxygen atoms in total. The Labute approximate surface area is 285 Å². The molecule has 0 saturated carbocycles. The number of carbonyl (C=O) groups excluding carboxylic acids is 1. The van der Waals surface area contributed by atoms with Crippen LogP contribution in [0.5, 0.6) is 0 Å². The van der Waals surface area contributed by atoms with Gasteiger partial charge in [0.05, 0.1) is 39.9 Å². The van der Waals surface area contributed by atoms with E-state index >= 15 is 0 Å². The number of carbonyl (C=O) groups is 1. The molecule has 3 atom stereocenters. The maximum atomic E-state index is 12.7. The number of aliphatic hydroxyl groups excluding tert-OH is 1. The molecule has 0 aliphatic rings. The van der Waals surface area contributed by atoms with Gasteiger partial charge in [-0.15, -0.1) is 0 Å². The molecule has 1 amide bonds. The molecule has 0 saturated heterocycles. The van der Waals surface area contributed by atoms with Gasteiger partial charge in [0.2, 0.25) is 5.91 Å². The predicted octanol–water partition coefficient (Wildman–Crippen LogP) is 9.22. The van der Waals surface area contributed by atoms with Crippen molar-refractivity contribution in [2.24, 2.45) is 0 Å². The third-order valence-electron chi connectivity index (χ3n) is 8.85. The number of amides is 1. The van der Waals surface area contributed by atoms with Crippen LogP contribution in [0.4, 0.5) is 0 Å². The van der Waals surface area contributed by atoms with Gasteiger partial charge in [0, 0.05) is 6.42 Å². The topological polar surface area (TPSA) is 108 Å². The van der Waals surface area contributed by atoms with Crippen molar-refractivity contribution >= 4 is 13.7 Å². The van der Waals surface area contributed by atoms with E-state index in [-0.39, 0.29) is 19.1 Å². The lowest BCUT2D eigenvalue weighted by atomic mass is 10.0. The quantitative estimate of drug-likeness (QED) is 0.0394. The van der Waals surface area contributed by atoms with E-state index < -0.39 is 20.0 Å². The van der Waals surface area contributed by atoms with Crippen LogP contribution in [-0.2, 0) is 18.4 Å². The number of likely N-dealkylation sites (N-methyl/N-ethyl adjacent to an activating group) is 1. The molecule has 0 aromatic carbocycles. The average Bonchev–Trinajstić information content (AvgIpc) is 2.99. The van der Waals surface area contributed by atoms with Gasteiger partial charge in [-0.25, -0.2) is 0 Å². The highest BCUT2D eigenvalue weighted by Crippen LogP contribution is 2.38. The van der Waals surface area contributed by atoms with E-state index in [2.05, 4.69) is 19.2 Å². The van der Waals surface area contributed by atoms with Crippen molar-refractivity contribution in [2.45, 2.75) is 193 Å². The zero-order valence-electron chi connectivity index (χ0n) is 31.0. The molecular formula is C37H77N2O6P. The largest absolute Gasteiger partial charge is 0.756 e. The summed E-state index contributed by atoms with van der Waals surface area (Å²) in [7, 11) is 1.31. The molecule has 0 fully saturated rings. The third kappa shape index (κ3) is 32.1. The molecule has 0 aliphatic carbocycles. The molecule has 0 aromatic heterocycles. The average molecular weight is 677 g/mol. The molecule has 276 valence electrons. The van der Waals surface area contributed by atoms with E-state index in [1.54, 1.807) is 0 Å². The molecule has 0 aliphatic heterocycles. The van der Waals surface area contributed by atoms with Crippen LogP contribution in [0.2, 0.25) is 0 Å². The van der Waals surface area contributed by atoms with Gasteiger partial charge in [-0.05, 0) is 12.8 Å². The summed E-state index contributed by atoms with van der Waals surface area (Å²) in [6.45, 7) is 4.70. The second-order valence-corrected chi connectivity index (χ2v) is 16.1. The Morgan fingerprint density at radius 3 is 1.48 bits per heavy atom. The number of unbranched alkanes of at least 4 members (excludes halogenated alkanes) is 22. The first-order valence-corrected chi connectivity index (χ1v) is 20.8. The normalized spacial score (nSPS) is 14.7. The molecule has 0 rings (SSSR count). The summed E-state index contributed by atoms with van der Waals surface area (Å²) in [6, 6.07) is -0.790. The van der Waals surface area contributed by atoms with Crippen LogP contribution in [0.25, 0.3) is 0 Å². The van der Waals surface area contributed by atoms with E-state index in [9.17, 15) is 19.4 Å². The first kappa shape index (κ1) is 45.5. The number of aliphatic hydroxyl groups is 1. The number of phosphoric acid groups is 1. The number of hydrogen-bond donors (Lipinski definition) is 2. The third-order valence-corrected chi connectivity index (χ3v) is 9.81. The summed E-state index contributed by atoms with van der Waals surface area (Å²) in [5.41, 5.74) is 0. The number of nitrogens with one attached hydrogen (secondary N) is 1. The Bertz CT molecular complexity index is 733. The van der Waals surface area contributed by atoms with E-state index in [0.29, 0.717) is 23.9 Å². The monoisotopic (exact) mass is 677 g/mol. The molecule has 0 spiro atoms. The SMILES string of the molecule is CCCCCCCCCCCCCCCC[C@@H](O)[C@H](COP(=O)([O-])OCC[N+](C)(C)C)NC(=O)CCCCCCCCCCCC. The first-order valence-electron chi connectivity index (χ1n) is 19.4. The Balaban J connectivity index is 4.43. The number of rotatable bonds is 35. The van der Waals surface area contributed by atoms with Crippen molar-refractivity contribution in [3.8, 4) is 0 Å². The molecule has 0 aromatic rings. The van der Waals surface area contributed by atoms with Crippen LogP contribution < -0.4 is 10.2 Å². The lowest BCUT2D eigenvalue weighted by Gasteiger charge is -2.30. The highest BCUT2D eigenvalue weighted by atomic mass is 31.2. The summed E-state index contributed by atoms with van der Waals surface area (Å²) in [5, 5.41) is 13.8. The Morgan fingerprint density at radius 2 is 1.07 bits per heavy atom. The van der Waals surface area contributed by atoms with E-state index in [4.69, 9.17) is 9.05 Å². The molecule has 9 heteroatoms. The van der Waals surface area contributed by atoms with Gasteiger partial charge in [-0.1, -0.05) is 162 Å². The van der Waals surface area contributed by atoms with Crippen LogP contribution in [0.15, 0.2) is 0 Å². The lowest BCUT2D eigenvalue weighted by molar-refractivity contribution is -0.870. The van der Waals surface area contributed by atoms with Gasteiger partial charge >= 0.3 is 0 Å². The fraction of sp³-hybridized carbons (Fsp3) is 0.973. The zero-order chi connectivity index (χ0) is 34.4. The zero-order valence-corrected chi connectivity index (χ0v) is 31.9. The smallest absolute Gasteiger partial charge is 0.268 e. The lowest BCUT2D eigenvalue weighted by Crippen LogP contribution is -2.46. The first-order chi connectivity index (χ1) is 22.0. The van der Waals surface area contributed by atoms with E-state index in [1.165, 1.54) is 116 Å². The Morgan fingerprint density at radius 1 is 0.674 bits per heavy atom. The highest BCUT2D eigenvalue weighted by molar-refractivity contribution is 7.45. The highest BCUT2D eigenvalue weighted by Gasteiger charge is 2.24. The molecule has 2 N–H and O–H groups in total. The Hall–Kier alpha value is -0.500. The van der Waals surface area contributed by atoms with Gasteiger partial charge in [-0.2, -0.15) is 0 Å². The van der Waals surface area contributed by atoms with E-state index in [0.717, 1.165) is 38.5 Å². The van der Waals surface area contributed by atoms with Crippen molar-refractivity contribution in [1.82, 2.24) is 5.32 Å². The summed E-state index contributed by atoms with van der Waals surface area (Å²) in [5.74, 6) is -0.167. The maximum Gasteiger partial charge on any atom is 0.268 e. The van der Waals surface area contributed by atoms with Crippen molar-refractivity contribution in [3.63, 3.8) is 0 Å². The van der Waals surface area contributed by atoms with Crippen LogP contribution in [0, 0.1) is 0 Å². The standard InChI is InChI=1S/C37H77N2O6P/c1-6-8-10-12-14-16-18-19-20-21-22-24-26-28-30-36(40)35(34-45-46(42,43)44-33-32-39(3,4)5)38-37(41)31-29-27-25-23-17-15-13-11-9-7-2/h35-36,40H,6-34H2,1-5H3,(H-,38,41,42,43)/t35-,36+/m0/s1. The number of quaternary nitrogens is 1. The molecule has 46 heavy (non-hydrogen) atoms. The van der Waals surface area contributed by atoms with Gasteiger partial charge in [0.25, 0.3) is 7.82 Å².